The molecule has 1 saturated carbocycles. The molecule has 0 saturated heterocycles. The summed E-state index contributed by atoms with van der Waals surface area (Å²) in [6.45, 7) is 4.45. The molecule has 3 nitrogen and oxygen atoms in total. The summed E-state index contributed by atoms with van der Waals surface area (Å²) >= 11 is 0. The van der Waals surface area contributed by atoms with Crippen LogP contribution < -0.4 is 5.32 Å². The van der Waals surface area contributed by atoms with Crippen LogP contribution in [-0.4, -0.2) is 37.5 Å². The Morgan fingerprint density at radius 3 is 2.92 bits per heavy atom. The molecule has 3 heteroatoms. The van der Waals surface area contributed by atoms with Gasteiger partial charge in [-0.2, -0.15) is 0 Å². The van der Waals surface area contributed by atoms with E-state index in [0.29, 0.717) is 13.2 Å². The third-order valence-corrected chi connectivity index (χ3v) is 2.34. The molecular weight excluding hydrogens is 154 g/mol. The largest absolute Gasteiger partial charge is 0.394 e. The van der Waals surface area contributed by atoms with Crippen LogP contribution in [0.3, 0.4) is 0 Å². The molecule has 0 radical (unpaired) electrons. The fraction of sp³-hybridized carbons (Fsp3) is 1.00. The molecule has 12 heavy (non-hydrogen) atoms. The Morgan fingerprint density at radius 2 is 2.33 bits per heavy atom. The third kappa shape index (κ3) is 3.52. The summed E-state index contributed by atoms with van der Waals surface area (Å²) in [5, 5.41) is 11.8. The monoisotopic (exact) mass is 173 g/mol. The Bertz CT molecular complexity index is 119. The first-order chi connectivity index (χ1) is 5.88. The van der Waals surface area contributed by atoms with Crippen LogP contribution in [0.2, 0.25) is 0 Å². The van der Waals surface area contributed by atoms with Gasteiger partial charge in [0.05, 0.1) is 19.8 Å². The van der Waals surface area contributed by atoms with Crippen LogP contribution in [0.1, 0.15) is 19.8 Å². The zero-order chi connectivity index (χ0) is 8.81. The van der Waals surface area contributed by atoms with Gasteiger partial charge in [0, 0.05) is 12.6 Å². The van der Waals surface area contributed by atoms with Crippen LogP contribution in [0.15, 0.2) is 0 Å². The van der Waals surface area contributed by atoms with E-state index in [1.165, 1.54) is 12.8 Å². The third-order valence-electron chi connectivity index (χ3n) is 2.34. The molecule has 0 amide bonds. The fourth-order valence-corrected chi connectivity index (χ4v) is 1.43. The van der Waals surface area contributed by atoms with Gasteiger partial charge in [-0.05, 0) is 12.3 Å². The average Bonchev–Trinajstić information content (AvgIpc) is 2.83. The van der Waals surface area contributed by atoms with E-state index in [9.17, 15) is 0 Å². The van der Waals surface area contributed by atoms with Crippen molar-refractivity contribution in [3.63, 3.8) is 0 Å². The van der Waals surface area contributed by atoms with Gasteiger partial charge in [-0.15, -0.1) is 0 Å². The van der Waals surface area contributed by atoms with Gasteiger partial charge in [0.25, 0.3) is 0 Å². The van der Waals surface area contributed by atoms with Crippen molar-refractivity contribution >= 4 is 0 Å². The zero-order valence-electron chi connectivity index (χ0n) is 7.75. The highest BCUT2D eigenvalue weighted by atomic mass is 16.5. The van der Waals surface area contributed by atoms with Crippen molar-refractivity contribution < 1.29 is 9.84 Å². The lowest BCUT2D eigenvalue weighted by Gasteiger charge is -2.03. The van der Waals surface area contributed by atoms with Gasteiger partial charge in [0.1, 0.15) is 0 Å². The van der Waals surface area contributed by atoms with Crippen LogP contribution >= 0.6 is 0 Å². The minimum absolute atomic E-state index is 0.126. The Labute approximate surface area is 74.1 Å². The molecule has 2 atom stereocenters. The molecular formula is C9H19NO2. The summed E-state index contributed by atoms with van der Waals surface area (Å²) in [6, 6.07) is 0.743. The molecule has 1 fully saturated rings. The van der Waals surface area contributed by atoms with Gasteiger partial charge in [0.15, 0.2) is 0 Å². The van der Waals surface area contributed by atoms with E-state index in [0.717, 1.165) is 18.5 Å². The molecule has 0 aromatic rings. The van der Waals surface area contributed by atoms with Gasteiger partial charge < -0.3 is 15.2 Å². The lowest BCUT2D eigenvalue weighted by atomic mass is 10.3. The molecule has 1 rings (SSSR count). The lowest BCUT2D eigenvalue weighted by molar-refractivity contribution is 0.0936. The molecule has 0 heterocycles. The molecule has 0 bridgehead atoms. The maximum atomic E-state index is 8.42. The van der Waals surface area contributed by atoms with Crippen LogP contribution in [-0.2, 0) is 4.74 Å². The standard InChI is InChI=1S/C9H19NO2/c1-2-8-7-9(8)10-3-5-12-6-4-11/h8-11H,2-7H2,1H3. The van der Waals surface area contributed by atoms with Crippen molar-refractivity contribution in [1.29, 1.82) is 0 Å². The van der Waals surface area contributed by atoms with E-state index >= 15 is 0 Å². The van der Waals surface area contributed by atoms with Crippen molar-refractivity contribution in [2.24, 2.45) is 5.92 Å². The smallest absolute Gasteiger partial charge is 0.0698 e. The molecule has 72 valence electrons. The van der Waals surface area contributed by atoms with Crippen LogP contribution in [0, 0.1) is 5.92 Å². The molecule has 0 spiro atoms. The van der Waals surface area contributed by atoms with Crippen LogP contribution in [0.4, 0.5) is 0 Å². The van der Waals surface area contributed by atoms with Gasteiger partial charge in [0.2, 0.25) is 0 Å². The normalized spacial score (nSPS) is 27.5. The number of rotatable bonds is 7. The molecule has 0 aromatic heterocycles. The van der Waals surface area contributed by atoms with E-state index in [1.807, 2.05) is 0 Å². The Morgan fingerprint density at radius 1 is 1.50 bits per heavy atom. The number of ether oxygens (including phenoxy) is 1. The zero-order valence-corrected chi connectivity index (χ0v) is 7.75. The summed E-state index contributed by atoms with van der Waals surface area (Å²) < 4.78 is 5.12. The quantitative estimate of drug-likeness (QED) is 0.547. The Hall–Kier alpha value is -0.120. The average molecular weight is 173 g/mol. The van der Waals surface area contributed by atoms with Crippen molar-refractivity contribution in [2.75, 3.05) is 26.4 Å². The molecule has 2 unspecified atom stereocenters. The molecule has 0 aliphatic heterocycles. The second-order valence-electron chi connectivity index (χ2n) is 3.30. The molecule has 1 aliphatic rings. The van der Waals surface area contributed by atoms with E-state index in [4.69, 9.17) is 9.84 Å². The predicted octanol–water partition coefficient (Wildman–Crippen LogP) is 0.383. The second kappa shape index (κ2) is 5.51. The lowest BCUT2D eigenvalue weighted by Crippen LogP contribution is -2.23. The van der Waals surface area contributed by atoms with E-state index in [2.05, 4.69) is 12.2 Å². The summed E-state index contributed by atoms with van der Waals surface area (Å²) in [7, 11) is 0. The number of nitrogens with one attached hydrogen (secondary N) is 1. The number of hydrogen-bond donors (Lipinski definition) is 2. The maximum absolute atomic E-state index is 8.42. The molecule has 1 aliphatic carbocycles. The van der Waals surface area contributed by atoms with Crippen molar-refractivity contribution in [3.8, 4) is 0 Å². The summed E-state index contributed by atoms with van der Waals surface area (Å²) in [4.78, 5) is 0. The van der Waals surface area contributed by atoms with Gasteiger partial charge >= 0.3 is 0 Å². The molecule has 0 aromatic carbocycles. The maximum Gasteiger partial charge on any atom is 0.0698 e. The summed E-state index contributed by atoms with van der Waals surface area (Å²) in [6.07, 6.45) is 2.62. The first-order valence-electron chi connectivity index (χ1n) is 4.80. The Kier molecular flexibility index (Phi) is 4.58. The van der Waals surface area contributed by atoms with E-state index in [1.54, 1.807) is 0 Å². The van der Waals surface area contributed by atoms with Gasteiger partial charge in [-0.25, -0.2) is 0 Å². The number of aliphatic hydroxyl groups excluding tert-OH is 1. The second-order valence-corrected chi connectivity index (χ2v) is 3.30. The van der Waals surface area contributed by atoms with E-state index in [-0.39, 0.29) is 6.61 Å². The van der Waals surface area contributed by atoms with Crippen molar-refractivity contribution in [1.82, 2.24) is 5.32 Å². The molecule has 2 N–H and O–H groups in total. The minimum Gasteiger partial charge on any atom is -0.394 e. The number of aliphatic hydroxyl groups is 1. The highest BCUT2D eigenvalue weighted by Crippen LogP contribution is 2.32. The van der Waals surface area contributed by atoms with E-state index < -0.39 is 0 Å². The summed E-state index contributed by atoms with van der Waals surface area (Å²) in [5.74, 6) is 0.905. The van der Waals surface area contributed by atoms with Gasteiger partial charge in [-0.3, -0.25) is 0 Å². The first-order valence-corrected chi connectivity index (χ1v) is 4.80. The Balaban J connectivity index is 1.78. The predicted molar refractivity (Wildman–Crippen MR) is 48.1 cm³/mol. The SMILES string of the molecule is CCC1CC1NCCOCCO. The highest BCUT2D eigenvalue weighted by Gasteiger charge is 2.34. The minimum atomic E-state index is 0.126. The summed E-state index contributed by atoms with van der Waals surface area (Å²) in [5.41, 5.74) is 0. The first kappa shape index (κ1) is 9.96. The van der Waals surface area contributed by atoms with Crippen LogP contribution in [0.5, 0.6) is 0 Å². The van der Waals surface area contributed by atoms with Crippen molar-refractivity contribution in [3.05, 3.63) is 0 Å². The fourth-order valence-electron chi connectivity index (χ4n) is 1.43. The van der Waals surface area contributed by atoms with Crippen LogP contribution in [0.25, 0.3) is 0 Å². The highest BCUT2D eigenvalue weighted by molar-refractivity contribution is 4.91. The van der Waals surface area contributed by atoms with Crippen molar-refractivity contribution in [2.45, 2.75) is 25.8 Å². The van der Waals surface area contributed by atoms with Gasteiger partial charge in [-0.1, -0.05) is 13.3 Å². The number of hydrogen-bond acceptors (Lipinski definition) is 3. The topological polar surface area (TPSA) is 41.5 Å².